The lowest BCUT2D eigenvalue weighted by molar-refractivity contribution is -0.183. The van der Waals surface area contributed by atoms with Gasteiger partial charge in [0.1, 0.15) is 5.76 Å². The van der Waals surface area contributed by atoms with Crippen LogP contribution < -0.4 is 5.32 Å². The normalized spacial score (nSPS) is 21.8. The smallest absolute Gasteiger partial charge is 0.223 e. The van der Waals surface area contributed by atoms with E-state index in [0.29, 0.717) is 19.8 Å². The number of carbonyl (C=O) groups excluding carboxylic acids is 1. The summed E-state index contributed by atoms with van der Waals surface area (Å²) in [5, 5.41) is 6.89. The highest BCUT2D eigenvalue weighted by Gasteiger charge is 2.41. The summed E-state index contributed by atoms with van der Waals surface area (Å²) < 4.78 is 16.5. The predicted molar refractivity (Wildman–Crippen MR) is 74.4 cm³/mol. The van der Waals surface area contributed by atoms with E-state index in [4.69, 9.17) is 14.0 Å². The lowest BCUT2D eigenvalue weighted by Gasteiger charge is -2.34. The number of carbonyl (C=O) groups is 1. The number of aryl methyl sites for hydroxylation is 2. The van der Waals surface area contributed by atoms with Crippen molar-refractivity contribution < 1.29 is 18.8 Å². The van der Waals surface area contributed by atoms with E-state index in [9.17, 15) is 4.79 Å². The molecule has 1 spiro atoms. The molecule has 2 aliphatic rings. The molecule has 21 heavy (non-hydrogen) atoms. The summed E-state index contributed by atoms with van der Waals surface area (Å²) in [6.45, 7) is 5.57. The molecule has 1 saturated heterocycles. The van der Waals surface area contributed by atoms with E-state index in [0.717, 1.165) is 42.7 Å². The van der Waals surface area contributed by atoms with Crippen LogP contribution in [0, 0.1) is 19.8 Å². The molecule has 0 aromatic carbocycles. The molecule has 2 fully saturated rings. The lowest BCUT2D eigenvalue weighted by Crippen LogP contribution is -2.40. The van der Waals surface area contributed by atoms with Crippen molar-refractivity contribution in [3.8, 4) is 0 Å². The van der Waals surface area contributed by atoms with Crippen LogP contribution in [0.3, 0.4) is 0 Å². The van der Waals surface area contributed by atoms with E-state index in [2.05, 4.69) is 10.5 Å². The Bertz CT molecular complexity index is 490. The Kier molecular flexibility index (Phi) is 3.99. The largest absolute Gasteiger partial charge is 0.361 e. The van der Waals surface area contributed by atoms with Gasteiger partial charge in [0.2, 0.25) is 5.91 Å². The molecule has 116 valence electrons. The number of hydrogen-bond acceptors (Lipinski definition) is 5. The van der Waals surface area contributed by atoms with Crippen LogP contribution in [0.25, 0.3) is 0 Å². The molecule has 2 heterocycles. The minimum Gasteiger partial charge on any atom is -0.361 e. The van der Waals surface area contributed by atoms with E-state index >= 15 is 0 Å². The van der Waals surface area contributed by atoms with E-state index in [1.54, 1.807) is 0 Å². The maximum absolute atomic E-state index is 12.3. The van der Waals surface area contributed by atoms with Crippen LogP contribution in [0.2, 0.25) is 0 Å². The number of rotatable bonds is 3. The first kappa shape index (κ1) is 14.5. The van der Waals surface area contributed by atoms with Gasteiger partial charge in [-0.05, 0) is 26.7 Å². The number of aromatic nitrogens is 1. The zero-order valence-electron chi connectivity index (χ0n) is 12.6. The highest BCUT2D eigenvalue weighted by atomic mass is 16.7. The molecule has 1 aliphatic heterocycles. The Labute approximate surface area is 124 Å². The Hall–Kier alpha value is -1.40. The van der Waals surface area contributed by atoms with E-state index < -0.39 is 5.79 Å². The Morgan fingerprint density at radius 1 is 1.29 bits per heavy atom. The number of amides is 1. The SMILES string of the molecule is Cc1noc(C)c1CNC(=O)C1CCC2(CC1)OCCO2. The molecule has 1 amide bonds. The monoisotopic (exact) mass is 294 g/mol. The van der Waals surface area contributed by atoms with Crippen molar-refractivity contribution in [3.05, 3.63) is 17.0 Å². The predicted octanol–water partition coefficient (Wildman–Crippen LogP) is 1.84. The molecule has 0 unspecified atom stereocenters. The molecule has 3 rings (SSSR count). The maximum atomic E-state index is 12.3. The van der Waals surface area contributed by atoms with Crippen molar-refractivity contribution in [1.29, 1.82) is 0 Å². The van der Waals surface area contributed by atoms with Gasteiger partial charge < -0.3 is 19.3 Å². The van der Waals surface area contributed by atoms with Gasteiger partial charge >= 0.3 is 0 Å². The minimum absolute atomic E-state index is 0.0453. The summed E-state index contributed by atoms with van der Waals surface area (Å²) in [6, 6.07) is 0. The molecule has 0 bridgehead atoms. The second-order valence-electron chi connectivity index (χ2n) is 5.90. The van der Waals surface area contributed by atoms with E-state index in [-0.39, 0.29) is 11.8 Å². The third-order valence-corrected chi connectivity index (χ3v) is 4.55. The van der Waals surface area contributed by atoms with Crippen LogP contribution >= 0.6 is 0 Å². The first-order valence-corrected chi connectivity index (χ1v) is 7.57. The van der Waals surface area contributed by atoms with E-state index in [1.165, 1.54) is 0 Å². The van der Waals surface area contributed by atoms with Crippen LogP contribution in [0.5, 0.6) is 0 Å². The van der Waals surface area contributed by atoms with Gasteiger partial charge in [0.15, 0.2) is 5.79 Å². The molecule has 0 radical (unpaired) electrons. The third-order valence-electron chi connectivity index (χ3n) is 4.55. The first-order chi connectivity index (χ1) is 10.1. The fourth-order valence-corrected chi connectivity index (χ4v) is 3.18. The molecule has 1 aliphatic carbocycles. The topological polar surface area (TPSA) is 73.6 Å². The van der Waals surface area contributed by atoms with Crippen molar-refractivity contribution in [2.75, 3.05) is 13.2 Å². The standard InChI is InChI=1S/C15H22N2O4/c1-10-13(11(2)21-17-10)9-16-14(18)12-3-5-15(6-4-12)19-7-8-20-15/h12H,3-9H2,1-2H3,(H,16,18). The second kappa shape index (κ2) is 5.77. The number of hydrogen-bond donors (Lipinski definition) is 1. The molecule has 1 saturated carbocycles. The van der Waals surface area contributed by atoms with Gasteiger partial charge in [0, 0.05) is 30.9 Å². The van der Waals surface area contributed by atoms with E-state index in [1.807, 2.05) is 13.8 Å². The van der Waals surface area contributed by atoms with Crippen LogP contribution in [0.15, 0.2) is 4.52 Å². The summed E-state index contributed by atoms with van der Waals surface area (Å²) in [7, 11) is 0. The van der Waals surface area contributed by atoms with Crippen molar-refractivity contribution >= 4 is 5.91 Å². The zero-order chi connectivity index (χ0) is 14.9. The summed E-state index contributed by atoms with van der Waals surface area (Å²) in [4.78, 5) is 12.3. The maximum Gasteiger partial charge on any atom is 0.223 e. The molecule has 0 atom stereocenters. The summed E-state index contributed by atoms with van der Waals surface area (Å²) in [5.74, 6) is 0.508. The molecular weight excluding hydrogens is 272 g/mol. The van der Waals surface area contributed by atoms with Gasteiger partial charge in [-0.25, -0.2) is 0 Å². The van der Waals surface area contributed by atoms with Gasteiger partial charge in [-0.3, -0.25) is 4.79 Å². The third kappa shape index (κ3) is 2.96. The Morgan fingerprint density at radius 3 is 2.52 bits per heavy atom. The molecule has 6 nitrogen and oxygen atoms in total. The highest BCUT2D eigenvalue weighted by Crippen LogP contribution is 2.38. The first-order valence-electron chi connectivity index (χ1n) is 7.57. The number of ether oxygens (including phenoxy) is 2. The second-order valence-corrected chi connectivity index (χ2v) is 5.90. The van der Waals surface area contributed by atoms with Crippen LogP contribution in [0.1, 0.15) is 42.7 Å². The summed E-state index contributed by atoms with van der Waals surface area (Å²) in [5.41, 5.74) is 1.81. The van der Waals surface area contributed by atoms with Crippen molar-refractivity contribution in [2.45, 2.75) is 51.9 Å². The van der Waals surface area contributed by atoms with Gasteiger partial charge in [-0.1, -0.05) is 5.16 Å². The fourth-order valence-electron chi connectivity index (χ4n) is 3.18. The van der Waals surface area contributed by atoms with Crippen molar-refractivity contribution in [3.63, 3.8) is 0 Å². The number of nitrogens with one attached hydrogen (secondary N) is 1. The van der Waals surface area contributed by atoms with Crippen molar-refractivity contribution in [2.24, 2.45) is 5.92 Å². The van der Waals surface area contributed by atoms with Gasteiger partial charge in [-0.2, -0.15) is 0 Å². The molecule has 1 N–H and O–H groups in total. The van der Waals surface area contributed by atoms with Crippen LogP contribution in [-0.2, 0) is 20.8 Å². The van der Waals surface area contributed by atoms with Crippen LogP contribution in [-0.4, -0.2) is 30.1 Å². The van der Waals surface area contributed by atoms with Gasteiger partial charge in [0.05, 0.1) is 18.9 Å². The van der Waals surface area contributed by atoms with Crippen molar-refractivity contribution in [1.82, 2.24) is 10.5 Å². The average molecular weight is 294 g/mol. The number of nitrogens with zero attached hydrogens (tertiary/aromatic N) is 1. The Morgan fingerprint density at radius 2 is 1.95 bits per heavy atom. The quantitative estimate of drug-likeness (QED) is 0.921. The molecule has 1 aromatic heterocycles. The van der Waals surface area contributed by atoms with Crippen LogP contribution in [0.4, 0.5) is 0 Å². The lowest BCUT2D eigenvalue weighted by atomic mass is 9.84. The Balaban J connectivity index is 1.50. The zero-order valence-corrected chi connectivity index (χ0v) is 12.6. The van der Waals surface area contributed by atoms with Gasteiger partial charge in [-0.15, -0.1) is 0 Å². The molecule has 1 aromatic rings. The minimum atomic E-state index is -0.404. The highest BCUT2D eigenvalue weighted by molar-refractivity contribution is 5.78. The molecular formula is C15H22N2O4. The average Bonchev–Trinajstić information content (AvgIpc) is 3.06. The molecule has 6 heteroatoms. The summed E-state index contributed by atoms with van der Waals surface area (Å²) >= 11 is 0. The van der Waals surface area contributed by atoms with Gasteiger partial charge in [0.25, 0.3) is 0 Å². The fraction of sp³-hybridized carbons (Fsp3) is 0.733. The summed E-state index contributed by atoms with van der Waals surface area (Å²) in [6.07, 6.45) is 3.23.